The van der Waals surface area contributed by atoms with E-state index in [4.69, 9.17) is 0 Å². The average molecular weight is 169 g/mol. The van der Waals surface area contributed by atoms with Crippen molar-refractivity contribution < 1.29 is 5.11 Å². The van der Waals surface area contributed by atoms with Crippen molar-refractivity contribution in [2.75, 3.05) is 0 Å². The molecular formula is C8H15N3O. The van der Waals surface area contributed by atoms with Crippen LogP contribution in [0.4, 0.5) is 0 Å². The van der Waals surface area contributed by atoms with Crippen LogP contribution in [0.5, 0.6) is 0 Å². The van der Waals surface area contributed by atoms with Crippen LogP contribution in [0.1, 0.15) is 26.5 Å². The van der Waals surface area contributed by atoms with E-state index in [1.54, 1.807) is 20.2 Å². The Morgan fingerprint density at radius 1 is 1.58 bits per heavy atom. The topological polar surface area (TPSA) is 50.9 Å². The third kappa shape index (κ3) is 1.48. The molecule has 12 heavy (non-hydrogen) atoms. The highest BCUT2D eigenvalue weighted by molar-refractivity contribution is 5.05. The van der Waals surface area contributed by atoms with Crippen molar-refractivity contribution in [1.29, 1.82) is 0 Å². The maximum atomic E-state index is 9.96. The standard InChI is InChI=1S/C8H15N3O/c1-6(2)8(3,12)7-5-9-11(4)10-7/h5-6,12H,1-4H3. The lowest BCUT2D eigenvalue weighted by Gasteiger charge is -2.24. The quantitative estimate of drug-likeness (QED) is 0.708. The summed E-state index contributed by atoms with van der Waals surface area (Å²) in [6.45, 7) is 5.66. The molecule has 0 aliphatic rings. The van der Waals surface area contributed by atoms with Crippen LogP contribution in [0.25, 0.3) is 0 Å². The highest BCUT2D eigenvalue weighted by Gasteiger charge is 2.30. The molecule has 0 radical (unpaired) electrons. The van der Waals surface area contributed by atoms with Gasteiger partial charge >= 0.3 is 0 Å². The molecule has 1 atom stereocenters. The summed E-state index contributed by atoms with van der Waals surface area (Å²) < 4.78 is 0. The van der Waals surface area contributed by atoms with Gasteiger partial charge in [0.2, 0.25) is 0 Å². The molecule has 0 bridgehead atoms. The summed E-state index contributed by atoms with van der Waals surface area (Å²) in [5, 5.41) is 17.9. The molecule has 0 fully saturated rings. The van der Waals surface area contributed by atoms with Crippen molar-refractivity contribution in [3.05, 3.63) is 11.9 Å². The van der Waals surface area contributed by atoms with Crippen LogP contribution < -0.4 is 0 Å². The molecule has 1 unspecified atom stereocenters. The van der Waals surface area contributed by atoms with Crippen molar-refractivity contribution in [3.8, 4) is 0 Å². The lowest BCUT2D eigenvalue weighted by Crippen LogP contribution is -2.28. The first-order chi connectivity index (χ1) is 5.44. The molecule has 1 heterocycles. The molecule has 4 heteroatoms. The predicted octanol–water partition coefficient (Wildman–Crippen LogP) is 0.679. The highest BCUT2D eigenvalue weighted by atomic mass is 16.3. The van der Waals surface area contributed by atoms with E-state index in [0.29, 0.717) is 5.69 Å². The Bertz CT molecular complexity index is 265. The number of aryl methyl sites for hydroxylation is 1. The minimum absolute atomic E-state index is 0.134. The fourth-order valence-electron chi connectivity index (χ4n) is 0.873. The Morgan fingerprint density at radius 3 is 2.50 bits per heavy atom. The molecule has 0 saturated heterocycles. The van der Waals surface area contributed by atoms with E-state index >= 15 is 0 Å². The van der Waals surface area contributed by atoms with Gasteiger partial charge in [-0.05, 0) is 12.8 Å². The molecule has 1 aromatic rings. The van der Waals surface area contributed by atoms with Crippen molar-refractivity contribution >= 4 is 0 Å². The minimum atomic E-state index is -0.881. The fourth-order valence-corrected chi connectivity index (χ4v) is 0.873. The van der Waals surface area contributed by atoms with Gasteiger partial charge < -0.3 is 5.11 Å². The normalized spacial score (nSPS) is 16.5. The third-order valence-corrected chi connectivity index (χ3v) is 2.24. The summed E-state index contributed by atoms with van der Waals surface area (Å²) in [5.74, 6) is 0.134. The minimum Gasteiger partial charge on any atom is -0.383 e. The van der Waals surface area contributed by atoms with Gasteiger partial charge in [-0.15, -0.1) is 0 Å². The van der Waals surface area contributed by atoms with Crippen LogP contribution in [-0.4, -0.2) is 20.1 Å². The Kier molecular flexibility index (Phi) is 2.19. The maximum Gasteiger partial charge on any atom is 0.114 e. The first-order valence-corrected chi connectivity index (χ1v) is 4.03. The Morgan fingerprint density at radius 2 is 2.17 bits per heavy atom. The second-order valence-corrected chi connectivity index (χ2v) is 3.52. The summed E-state index contributed by atoms with van der Waals surface area (Å²) in [4.78, 5) is 1.45. The van der Waals surface area contributed by atoms with Gasteiger partial charge in [-0.3, -0.25) is 0 Å². The van der Waals surface area contributed by atoms with Crippen LogP contribution >= 0.6 is 0 Å². The molecule has 68 valence electrons. The average Bonchev–Trinajstić information content (AvgIpc) is 2.35. The van der Waals surface area contributed by atoms with Crippen molar-refractivity contribution in [2.45, 2.75) is 26.4 Å². The molecule has 1 aromatic heterocycles. The number of hydrogen-bond acceptors (Lipinski definition) is 3. The molecule has 0 saturated carbocycles. The zero-order valence-electron chi connectivity index (χ0n) is 7.94. The summed E-state index contributed by atoms with van der Waals surface area (Å²) >= 11 is 0. The Labute approximate surface area is 72.2 Å². The van der Waals surface area contributed by atoms with E-state index in [2.05, 4.69) is 10.2 Å². The van der Waals surface area contributed by atoms with Crippen LogP contribution in [-0.2, 0) is 12.6 Å². The molecule has 1 N–H and O–H groups in total. The zero-order chi connectivity index (χ0) is 9.35. The van der Waals surface area contributed by atoms with Gasteiger partial charge in [0.25, 0.3) is 0 Å². The summed E-state index contributed by atoms with van der Waals surface area (Å²) in [5.41, 5.74) is -0.256. The van der Waals surface area contributed by atoms with E-state index in [1.165, 1.54) is 4.80 Å². The monoisotopic (exact) mass is 169 g/mol. The molecule has 0 amide bonds. The van der Waals surface area contributed by atoms with E-state index in [1.807, 2.05) is 13.8 Å². The largest absolute Gasteiger partial charge is 0.383 e. The number of hydrogen-bond donors (Lipinski definition) is 1. The van der Waals surface area contributed by atoms with Gasteiger partial charge in [0.1, 0.15) is 11.3 Å². The lowest BCUT2D eigenvalue weighted by molar-refractivity contribution is 0.00439. The lowest BCUT2D eigenvalue weighted by atomic mass is 9.90. The van der Waals surface area contributed by atoms with Crippen molar-refractivity contribution in [1.82, 2.24) is 15.0 Å². The third-order valence-electron chi connectivity index (χ3n) is 2.24. The molecule has 4 nitrogen and oxygen atoms in total. The predicted molar refractivity (Wildman–Crippen MR) is 45.4 cm³/mol. The van der Waals surface area contributed by atoms with Crippen LogP contribution in [0.2, 0.25) is 0 Å². The van der Waals surface area contributed by atoms with Crippen molar-refractivity contribution in [3.63, 3.8) is 0 Å². The van der Waals surface area contributed by atoms with E-state index in [-0.39, 0.29) is 5.92 Å². The van der Waals surface area contributed by atoms with Crippen LogP contribution in [0, 0.1) is 5.92 Å². The molecule has 0 aliphatic carbocycles. The molecule has 0 spiro atoms. The molecule has 0 aliphatic heterocycles. The second-order valence-electron chi connectivity index (χ2n) is 3.52. The van der Waals surface area contributed by atoms with E-state index in [0.717, 1.165) is 0 Å². The van der Waals surface area contributed by atoms with Gasteiger partial charge in [0.05, 0.1) is 6.20 Å². The summed E-state index contributed by atoms with van der Waals surface area (Å²) in [6.07, 6.45) is 1.60. The number of aliphatic hydroxyl groups is 1. The molecule has 1 rings (SSSR count). The van der Waals surface area contributed by atoms with Gasteiger partial charge in [-0.1, -0.05) is 13.8 Å². The Balaban J connectivity index is 2.97. The van der Waals surface area contributed by atoms with E-state index < -0.39 is 5.60 Å². The summed E-state index contributed by atoms with van der Waals surface area (Å²) in [6, 6.07) is 0. The van der Waals surface area contributed by atoms with Crippen LogP contribution in [0.3, 0.4) is 0 Å². The first kappa shape index (κ1) is 9.19. The number of rotatable bonds is 2. The molecular weight excluding hydrogens is 154 g/mol. The van der Waals surface area contributed by atoms with Gasteiger partial charge in [-0.2, -0.15) is 15.0 Å². The molecule has 0 aromatic carbocycles. The smallest absolute Gasteiger partial charge is 0.114 e. The van der Waals surface area contributed by atoms with Gasteiger partial charge in [0, 0.05) is 7.05 Å². The fraction of sp³-hybridized carbons (Fsp3) is 0.750. The maximum absolute atomic E-state index is 9.96. The van der Waals surface area contributed by atoms with E-state index in [9.17, 15) is 5.11 Å². The van der Waals surface area contributed by atoms with Gasteiger partial charge in [0.15, 0.2) is 0 Å². The second kappa shape index (κ2) is 2.86. The SMILES string of the molecule is CC(C)C(C)(O)c1cnn(C)n1. The number of nitrogens with zero attached hydrogens (tertiary/aromatic N) is 3. The summed E-state index contributed by atoms with van der Waals surface area (Å²) in [7, 11) is 1.74. The first-order valence-electron chi connectivity index (χ1n) is 4.03. The number of aromatic nitrogens is 3. The van der Waals surface area contributed by atoms with Crippen molar-refractivity contribution in [2.24, 2.45) is 13.0 Å². The highest BCUT2D eigenvalue weighted by Crippen LogP contribution is 2.26. The van der Waals surface area contributed by atoms with Gasteiger partial charge in [-0.25, -0.2) is 0 Å². The van der Waals surface area contributed by atoms with Crippen LogP contribution in [0.15, 0.2) is 6.20 Å². The Hall–Kier alpha value is -0.900. The zero-order valence-corrected chi connectivity index (χ0v) is 7.94.